The summed E-state index contributed by atoms with van der Waals surface area (Å²) in [5.74, 6) is 0.561. The van der Waals surface area contributed by atoms with Crippen molar-refractivity contribution in [3.05, 3.63) is 83.0 Å². The molecule has 134 valence electrons. The predicted octanol–water partition coefficient (Wildman–Crippen LogP) is 4.34. The third-order valence-corrected chi connectivity index (χ3v) is 4.79. The van der Waals surface area contributed by atoms with E-state index in [1.54, 1.807) is 6.20 Å². The van der Waals surface area contributed by atoms with E-state index >= 15 is 0 Å². The highest BCUT2D eigenvalue weighted by atomic mass is 16.3. The van der Waals surface area contributed by atoms with Crippen molar-refractivity contribution in [3.63, 3.8) is 0 Å². The first-order valence-corrected chi connectivity index (χ1v) is 8.81. The number of hydrogen-bond donors (Lipinski definition) is 1. The van der Waals surface area contributed by atoms with Crippen LogP contribution >= 0.6 is 0 Å². The average Bonchev–Trinajstić information content (AvgIpc) is 2.96. The number of fused-ring (bicyclic) bond motifs is 1. The predicted molar refractivity (Wildman–Crippen MR) is 106 cm³/mol. The minimum Gasteiger partial charge on any atom is -0.372 e. The number of hydrogen-bond acceptors (Lipinski definition) is 3. The van der Waals surface area contributed by atoms with Gasteiger partial charge in [0.15, 0.2) is 11.4 Å². The van der Waals surface area contributed by atoms with E-state index in [0.717, 1.165) is 27.7 Å². The summed E-state index contributed by atoms with van der Waals surface area (Å²) < 4.78 is 1.96. The Labute approximate surface area is 154 Å². The van der Waals surface area contributed by atoms with Crippen LogP contribution in [0, 0.1) is 13.8 Å². The molecule has 1 aromatic carbocycles. The topological polar surface area (TPSA) is 50.9 Å². The van der Waals surface area contributed by atoms with Gasteiger partial charge < -0.3 is 9.67 Å². The molecule has 0 aliphatic rings. The molecule has 4 heteroatoms. The Kier molecular flexibility index (Phi) is 4.79. The molecule has 1 atom stereocenters. The van der Waals surface area contributed by atoms with Gasteiger partial charge >= 0.3 is 0 Å². The number of pyridine rings is 1. The molecule has 0 spiro atoms. The molecule has 0 radical (unpaired) electrons. The highest BCUT2D eigenvalue weighted by molar-refractivity contribution is 5.77. The van der Waals surface area contributed by atoms with E-state index in [0.29, 0.717) is 11.5 Å². The van der Waals surface area contributed by atoms with E-state index in [1.165, 1.54) is 0 Å². The third kappa shape index (κ3) is 2.76. The van der Waals surface area contributed by atoms with Crippen LogP contribution < -0.4 is 0 Å². The molecule has 1 unspecified atom stereocenters. The fraction of sp³-hybridized carbons (Fsp3) is 0.273. The minimum atomic E-state index is -1.44. The molecule has 26 heavy (non-hydrogen) atoms. The summed E-state index contributed by atoms with van der Waals surface area (Å²) in [6.45, 7) is 7.88. The molecule has 2 heterocycles. The van der Waals surface area contributed by atoms with Crippen LogP contribution in [0.2, 0.25) is 0 Å². The average molecular weight is 347 g/mol. The number of allylic oxidation sites excluding steroid dienone is 2. The lowest BCUT2D eigenvalue weighted by atomic mass is 9.85. The van der Waals surface area contributed by atoms with Gasteiger partial charge in [0.25, 0.3) is 0 Å². The highest BCUT2D eigenvalue weighted by Crippen LogP contribution is 2.38. The van der Waals surface area contributed by atoms with Crippen molar-refractivity contribution in [3.8, 4) is 0 Å². The molecule has 0 fully saturated rings. The molecule has 0 saturated carbocycles. The number of nitrogens with zero attached hydrogens (tertiary/aromatic N) is 3. The zero-order valence-corrected chi connectivity index (χ0v) is 16.0. The second-order valence-electron chi connectivity index (χ2n) is 6.61. The van der Waals surface area contributed by atoms with E-state index in [-0.39, 0.29) is 0 Å². The van der Waals surface area contributed by atoms with Crippen LogP contribution in [0.5, 0.6) is 0 Å². The van der Waals surface area contributed by atoms with Gasteiger partial charge in [-0.2, -0.15) is 0 Å². The van der Waals surface area contributed by atoms with Crippen LogP contribution in [-0.2, 0) is 12.6 Å². The second kappa shape index (κ2) is 6.89. The lowest BCUT2D eigenvalue weighted by molar-refractivity contribution is 0.106. The Bertz CT molecular complexity index is 1010. The molecule has 0 bridgehead atoms. The van der Waals surface area contributed by atoms with Gasteiger partial charge in [0.1, 0.15) is 0 Å². The maximum Gasteiger partial charge on any atom is 0.190 e. The Morgan fingerprint density at radius 3 is 2.62 bits per heavy atom. The molecule has 0 aliphatic heterocycles. The van der Waals surface area contributed by atoms with Crippen LogP contribution in [-0.4, -0.2) is 19.6 Å². The first-order valence-electron chi connectivity index (χ1n) is 8.81. The van der Waals surface area contributed by atoms with Gasteiger partial charge in [-0.3, -0.25) is 4.98 Å². The van der Waals surface area contributed by atoms with Gasteiger partial charge in [-0.05, 0) is 62.6 Å². The van der Waals surface area contributed by atoms with Crippen molar-refractivity contribution in [2.45, 2.75) is 33.3 Å². The third-order valence-electron chi connectivity index (χ3n) is 4.79. The van der Waals surface area contributed by atoms with E-state index in [4.69, 9.17) is 4.98 Å². The maximum atomic E-state index is 12.0. The van der Waals surface area contributed by atoms with E-state index in [2.05, 4.69) is 18.0 Å². The molecule has 0 saturated heterocycles. The number of rotatable bonds is 4. The zero-order valence-electron chi connectivity index (χ0n) is 16.0. The van der Waals surface area contributed by atoms with Gasteiger partial charge in [-0.1, -0.05) is 30.4 Å². The fourth-order valence-corrected chi connectivity index (χ4v) is 3.46. The Morgan fingerprint density at radius 2 is 1.96 bits per heavy atom. The van der Waals surface area contributed by atoms with Gasteiger partial charge in [0, 0.05) is 13.2 Å². The van der Waals surface area contributed by atoms with Crippen molar-refractivity contribution < 1.29 is 5.11 Å². The lowest BCUT2D eigenvalue weighted by Crippen LogP contribution is -2.34. The molecule has 1 N–H and O–H groups in total. The van der Waals surface area contributed by atoms with Gasteiger partial charge in [0.2, 0.25) is 0 Å². The number of aromatic nitrogens is 3. The molecule has 2 aromatic heterocycles. The van der Waals surface area contributed by atoms with Gasteiger partial charge in [-0.25, -0.2) is 4.98 Å². The summed E-state index contributed by atoms with van der Waals surface area (Å²) in [6, 6.07) is 9.95. The normalized spacial score (nSPS) is 14.9. The van der Waals surface area contributed by atoms with Crippen molar-refractivity contribution in [1.29, 1.82) is 0 Å². The van der Waals surface area contributed by atoms with Crippen molar-refractivity contribution in [2.24, 2.45) is 7.05 Å². The second-order valence-corrected chi connectivity index (χ2v) is 6.61. The monoisotopic (exact) mass is 347 g/mol. The summed E-state index contributed by atoms with van der Waals surface area (Å²) in [4.78, 5) is 9.32. The molecular weight excluding hydrogens is 322 g/mol. The Hall–Kier alpha value is -2.72. The standard InChI is InChI=1S/C22H25N3O/c1-6-9-17(7-2)22(26,20-16(4)10-8-13-23-20)21-24-18-12-11-15(3)14-19(18)25(21)5/h6-14,26H,1-5H3. The van der Waals surface area contributed by atoms with Crippen LogP contribution in [0.4, 0.5) is 0 Å². The highest BCUT2D eigenvalue weighted by Gasteiger charge is 2.41. The summed E-state index contributed by atoms with van der Waals surface area (Å²) in [5, 5.41) is 12.0. The summed E-state index contributed by atoms with van der Waals surface area (Å²) >= 11 is 0. The number of aliphatic hydroxyl groups is 1. The largest absolute Gasteiger partial charge is 0.372 e. The quantitative estimate of drug-likeness (QED) is 0.714. The zero-order chi connectivity index (χ0) is 18.9. The van der Waals surface area contributed by atoms with Gasteiger partial charge in [0.05, 0.1) is 16.7 Å². The van der Waals surface area contributed by atoms with Gasteiger partial charge in [-0.15, -0.1) is 0 Å². The molecule has 3 rings (SSSR count). The van der Waals surface area contributed by atoms with Crippen molar-refractivity contribution in [1.82, 2.24) is 14.5 Å². The molecule has 0 aliphatic carbocycles. The Balaban J connectivity index is 2.39. The van der Waals surface area contributed by atoms with E-state index in [1.807, 2.05) is 74.9 Å². The van der Waals surface area contributed by atoms with Crippen LogP contribution in [0.1, 0.15) is 36.5 Å². The molecule has 4 nitrogen and oxygen atoms in total. The summed E-state index contributed by atoms with van der Waals surface area (Å²) in [6.07, 6.45) is 7.46. The van der Waals surface area contributed by atoms with Crippen LogP contribution in [0.25, 0.3) is 11.0 Å². The van der Waals surface area contributed by atoms with Crippen LogP contribution in [0.3, 0.4) is 0 Å². The Morgan fingerprint density at radius 1 is 1.19 bits per heavy atom. The number of benzene rings is 1. The van der Waals surface area contributed by atoms with Crippen molar-refractivity contribution >= 4 is 11.0 Å². The smallest absolute Gasteiger partial charge is 0.190 e. The number of aryl methyl sites for hydroxylation is 3. The van der Waals surface area contributed by atoms with E-state index in [9.17, 15) is 5.11 Å². The molecule has 0 amide bonds. The minimum absolute atomic E-state index is 0.561. The van der Waals surface area contributed by atoms with E-state index < -0.39 is 5.60 Å². The summed E-state index contributed by atoms with van der Waals surface area (Å²) in [7, 11) is 1.94. The lowest BCUT2D eigenvalue weighted by Gasteiger charge is -2.30. The SMILES string of the molecule is CC=CC(=CC)C(O)(c1ncccc1C)c1nc2ccc(C)cc2n1C. The summed E-state index contributed by atoms with van der Waals surface area (Å²) in [5.41, 5.74) is 3.83. The number of imidazole rings is 1. The maximum absolute atomic E-state index is 12.0. The molecular formula is C22H25N3O. The fourth-order valence-electron chi connectivity index (χ4n) is 3.46. The molecule has 3 aromatic rings. The van der Waals surface area contributed by atoms with Crippen molar-refractivity contribution in [2.75, 3.05) is 0 Å². The first-order chi connectivity index (χ1) is 12.4. The first kappa shape index (κ1) is 18.1. The van der Waals surface area contributed by atoms with Crippen LogP contribution in [0.15, 0.2) is 60.3 Å².